The van der Waals surface area contributed by atoms with Crippen molar-refractivity contribution in [2.24, 2.45) is 0 Å². The number of hydrogen-bond acceptors (Lipinski definition) is 4. The molecule has 0 saturated carbocycles. The maximum atomic E-state index is 6.32. The van der Waals surface area contributed by atoms with Crippen LogP contribution in [0, 0.1) is 13.8 Å². The van der Waals surface area contributed by atoms with Gasteiger partial charge in [0.1, 0.15) is 5.82 Å². The monoisotopic (exact) mass is 302 g/mol. The van der Waals surface area contributed by atoms with Gasteiger partial charge in [0.05, 0.1) is 10.7 Å². The molecule has 0 amide bonds. The Hall–Kier alpha value is -1.81. The van der Waals surface area contributed by atoms with Crippen molar-refractivity contribution in [2.45, 2.75) is 26.7 Å². The number of nitrogens with zero attached hydrogens (tertiary/aromatic N) is 3. The number of aryl methyl sites for hydroxylation is 2. The van der Waals surface area contributed by atoms with E-state index in [1.807, 2.05) is 26.0 Å². The van der Waals surface area contributed by atoms with Gasteiger partial charge in [-0.05, 0) is 49.9 Å². The molecule has 2 aromatic rings. The lowest BCUT2D eigenvalue weighted by molar-refractivity contribution is 0.930. The molecule has 1 fully saturated rings. The number of halogens is 1. The quantitative estimate of drug-likeness (QED) is 0.927. The maximum absolute atomic E-state index is 6.32. The molecule has 0 bridgehead atoms. The van der Waals surface area contributed by atoms with Crippen molar-refractivity contribution >= 4 is 29.1 Å². The maximum Gasteiger partial charge on any atom is 0.229 e. The van der Waals surface area contributed by atoms with E-state index in [0.717, 1.165) is 35.7 Å². The molecule has 0 spiro atoms. The molecule has 1 aliphatic rings. The summed E-state index contributed by atoms with van der Waals surface area (Å²) in [5.74, 6) is 1.57. The SMILES string of the molecule is Cc1cc(C)c(Nc2nccc(N3CCCC3)n2)c(Cl)c1. The van der Waals surface area contributed by atoms with E-state index in [1.165, 1.54) is 12.8 Å². The molecule has 1 aromatic carbocycles. The minimum absolute atomic E-state index is 0.591. The van der Waals surface area contributed by atoms with Crippen LogP contribution < -0.4 is 10.2 Å². The second-order valence-corrected chi connectivity index (χ2v) is 5.90. The normalized spacial score (nSPS) is 14.5. The highest BCUT2D eigenvalue weighted by Gasteiger charge is 2.14. The van der Waals surface area contributed by atoms with Gasteiger partial charge >= 0.3 is 0 Å². The van der Waals surface area contributed by atoms with Crippen LogP contribution in [0.5, 0.6) is 0 Å². The van der Waals surface area contributed by atoms with E-state index in [0.29, 0.717) is 11.0 Å². The molecule has 0 aliphatic carbocycles. The van der Waals surface area contributed by atoms with Crippen molar-refractivity contribution in [1.29, 1.82) is 0 Å². The van der Waals surface area contributed by atoms with Gasteiger partial charge in [-0.15, -0.1) is 0 Å². The predicted molar refractivity (Wildman–Crippen MR) is 87.7 cm³/mol. The van der Waals surface area contributed by atoms with Gasteiger partial charge in [0.25, 0.3) is 0 Å². The highest BCUT2D eigenvalue weighted by molar-refractivity contribution is 6.33. The van der Waals surface area contributed by atoms with E-state index in [9.17, 15) is 0 Å². The summed E-state index contributed by atoms with van der Waals surface area (Å²) in [4.78, 5) is 11.2. The molecule has 0 unspecified atom stereocenters. The molecular formula is C16H19ClN4. The van der Waals surface area contributed by atoms with Crippen LogP contribution in [-0.2, 0) is 0 Å². The van der Waals surface area contributed by atoms with Crippen molar-refractivity contribution in [2.75, 3.05) is 23.3 Å². The van der Waals surface area contributed by atoms with E-state index in [4.69, 9.17) is 11.6 Å². The van der Waals surface area contributed by atoms with Crippen LogP contribution in [0.15, 0.2) is 24.4 Å². The predicted octanol–water partition coefficient (Wildman–Crippen LogP) is 4.09. The molecule has 1 aromatic heterocycles. The summed E-state index contributed by atoms with van der Waals surface area (Å²) in [6.45, 7) is 6.21. The van der Waals surface area contributed by atoms with E-state index in [2.05, 4.69) is 26.3 Å². The molecule has 5 heteroatoms. The highest BCUT2D eigenvalue weighted by Crippen LogP contribution is 2.29. The Morgan fingerprint density at radius 3 is 2.67 bits per heavy atom. The summed E-state index contributed by atoms with van der Waals surface area (Å²) in [5, 5.41) is 3.95. The fourth-order valence-corrected chi connectivity index (χ4v) is 3.09. The lowest BCUT2D eigenvalue weighted by Crippen LogP contribution is -2.19. The Morgan fingerprint density at radius 1 is 1.19 bits per heavy atom. The van der Waals surface area contributed by atoms with Crippen molar-refractivity contribution in [3.05, 3.63) is 40.5 Å². The van der Waals surface area contributed by atoms with Crippen LogP contribution in [0.4, 0.5) is 17.5 Å². The van der Waals surface area contributed by atoms with Crippen LogP contribution in [0.3, 0.4) is 0 Å². The van der Waals surface area contributed by atoms with Gasteiger partial charge in [0.15, 0.2) is 0 Å². The van der Waals surface area contributed by atoms with Gasteiger partial charge in [-0.1, -0.05) is 17.7 Å². The summed E-state index contributed by atoms with van der Waals surface area (Å²) in [5.41, 5.74) is 3.12. The van der Waals surface area contributed by atoms with E-state index < -0.39 is 0 Å². The van der Waals surface area contributed by atoms with Crippen molar-refractivity contribution < 1.29 is 0 Å². The van der Waals surface area contributed by atoms with Crippen LogP contribution in [-0.4, -0.2) is 23.1 Å². The Labute approximate surface area is 130 Å². The fourth-order valence-electron chi connectivity index (χ4n) is 2.72. The third kappa shape index (κ3) is 3.10. The van der Waals surface area contributed by atoms with E-state index in [1.54, 1.807) is 6.20 Å². The molecular weight excluding hydrogens is 284 g/mol. The van der Waals surface area contributed by atoms with E-state index in [-0.39, 0.29) is 0 Å². The van der Waals surface area contributed by atoms with Gasteiger partial charge in [0, 0.05) is 19.3 Å². The summed E-state index contributed by atoms with van der Waals surface area (Å²) >= 11 is 6.32. The van der Waals surface area contributed by atoms with Crippen LogP contribution in [0.25, 0.3) is 0 Å². The second kappa shape index (κ2) is 5.90. The van der Waals surface area contributed by atoms with Crippen molar-refractivity contribution in [3.8, 4) is 0 Å². The summed E-state index contributed by atoms with van der Waals surface area (Å²) < 4.78 is 0. The average molecular weight is 303 g/mol. The van der Waals surface area contributed by atoms with Gasteiger partial charge in [-0.2, -0.15) is 4.98 Å². The fraction of sp³-hybridized carbons (Fsp3) is 0.375. The van der Waals surface area contributed by atoms with Crippen LogP contribution in [0.2, 0.25) is 5.02 Å². The molecule has 21 heavy (non-hydrogen) atoms. The summed E-state index contributed by atoms with van der Waals surface area (Å²) in [6, 6.07) is 6.00. The number of benzene rings is 1. The Bertz CT molecular complexity index is 627. The van der Waals surface area contributed by atoms with Crippen molar-refractivity contribution in [1.82, 2.24) is 9.97 Å². The number of rotatable bonds is 3. The second-order valence-electron chi connectivity index (χ2n) is 5.50. The largest absolute Gasteiger partial charge is 0.356 e. The summed E-state index contributed by atoms with van der Waals surface area (Å²) in [6.07, 6.45) is 4.26. The molecule has 0 radical (unpaired) electrons. The molecule has 4 nitrogen and oxygen atoms in total. The number of anilines is 3. The Kier molecular flexibility index (Phi) is 3.97. The molecule has 2 heterocycles. The lowest BCUT2D eigenvalue weighted by Gasteiger charge is -2.17. The molecule has 3 rings (SSSR count). The number of nitrogens with one attached hydrogen (secondary N) is 1. The zero-order valence-corrected chi connectivity index (χ0v) is 13.1. The highest BCUT2D eigenvalue weighted by atomic mass is 35.5. The third-order valence-electron chi connectivity index (χ3n) is 3.74. The topological polar surface area (TPSA) is 41.1 Å². The first-order valence-electron chi connectivity index (χ1n) is 7.25. The molecule has 0 atom stereocenters. The van der Waals surface area contributed by atoms with Gasteiger partial charge in [0.2, 0.25) is 5.95 Å². The molecule has 110 valence electrons. The summed E-state index contributed by atoms with van der Waals surface area (Å²) in [7, 11) is 0. The molecule has 1 saturated heterocycles. The smallest absolute Gasteiger partial charge is 0.229 e. The lowest BCUT2D eigenvalue weighted by atomic mass is 10.1. The Morgan fingerprint density at radius 2 is 1.95 bits per heavy atom. The van der Waals surface area contributed by atoms with Gasteiger partial charge < -0.3 is 10.2 Å². The van der Waals surface area contributed by atoms with Gasteiger partial charge in [-0.25, -0.2) is 4.98 Å². The minimum Gasteiger partial charge on any atom is -0.356 e. The van der Waals surface area contributed by atoms with Crippen molar-refractivity contribution in [3.63, 3.8) is 0 Å². The molecule has 1 aliphatic heterocycles. The first kappa shape index (κ1) is 14.1. The van der Waals surface area contributed by atoms with E-state index >= 15 is 0 Å². The third-order valence-corrected chi connectivity index (χ3v) is 4.04. The first-order valence-corrected chi connectivity index (χ1v) is 7.63. The standard InChI is InChI=1S/C16H19ClN4/c1-11-9-12(2)15(13(17)10-11)20-16-18-6-5-14(19-16)21-7-3-4-8-21/h5-6,9-10H,3-4,7-8H2,1-2H3,(H,18,19,20). The molecule has 1 N–H and O–H groups in total. The number of aromatic nitrogens is 2. The zero-order valence-electron chi connectivity index (χ0n) is 12.4. The average Bonchev–Trinajstić information content (AvgIpc) is 2.97. The zero-order chi connectivity index (χ0) is 14.8. The first-order chi connectivity index (χ1) is 10.1. The number of hydrogen-bond donors (Lipinski definition) is 1. The van der Waals surface area contributed by atoms with Crippen LogP contribution in [0.1, 0.15) is 24.0 Å². The Balaban J connectivity index is 1.86. The van der Waals surface area contributed by atoms with Gasteiger partial charge in [-0.3, -0.25) is 0 Å². The minimum atomic E-state index is 0.591. The van der Waals surface area contributed by atoms with Crippen LogP contribution >= 0.6 is 11.6 Å².